The van der Waals surface area contributed by atoms with Gasteiger partial charge in [-0.05, 0) is 37.3 Å². The molecule has 1 aliphatic rings. The molecule has 0 aliphatic carbocycles. The van der Waals surface area contributed by atoms with Gasteiger partial charge in [0.1, 0.15) is 5.82 Å². The molecule has 1 aromatic heterocycles. The summed E-state index contributed by atoms with van der Waals surface area (Å²) in [5, 5.41) is 3.00. The lowest BCUT2D eigenvalue weighted by atomic mass is 10.1. The average molecular weight is 356 g/mol. The number of likely N-dealkylation sites (N-methyl/N-ethyl adjacent to an activating group) is 1. The van der Waals surface area contributed by atoms with Crippen LogP contribution >= 0.6 is 0 Å². The number of nitrogens with one attached hydrogen (secondary N) is 1. The third-order valence-electron chi connectivity index (χ3n) is 4.81. The lowest BCUT2D eigenvalue weighted by molar-refractivity contribution is 0.00385. The molecule has 1 N–H and O–H groups in total. The molecular weight excluding hydrogens is 328 g/mol. The van der Waals surface area contributed by atoms with E-state index >= 15 is 0 Å². The number of aryl methyl sites for hydroxylation is 1. The van der Waals surface area contributed by atoms with E-state index in [-0.39, 0.29) is 12.1 Å². The van der Waals surface area contributed by atoms with Crippen LogP contribution in [0.25, 0.3) is 0 Å². The fraction of sp³-hybridized carbons (Fsp3) is 0.500. The van der Waals surface area contributed by atoms with E-state index in [1.54, 1.807) is 4.90 Å². The van der Waals surface area contributed by atoms with Crippen molar-refractivity contribution in [3.63, 3.8) is 0 Å². The van der Waals surface area contributed by atoms with Crippen LogP contribution in [-0.4, -0.2) is 46.8 Å². The van der Waals surface area contributed by atoms with Gasteiger partial charge < -0.3 is 19.5 Å². The molecule has 0 spiro atoms. The predicted octanol–water partition coefficient (Wildman–Crippen LogP) is 2.95. The summed E-state index contributed by atoms with van der Waals surface area (Å²) in [6.45, 7) is 4.75. The highest BCUT2D eigenvalue weighted by Gasteiger charge is 2.18. The van der Waals surface area contributed by atoms with Crippen LogP contribution < -0.4 is 5.32 Å². The summed E-state index contributed by atoms with van der Waals surface area (Å²) in [6.07, 6.45) is 7.30. The lowest BCUT2D eigenvalue weighted by Crippen LogP contribution is -2.42. The number of amides is 2. The van der Waals surface area contributed by atoms with Crippen LogP contribution in [0.1, 0.15) is 36.2 Å². The molecule has 0 bridgehead atoms. The fourth-order valence-corrected chi connectivity index (χ4v) is 3.26. The maximum Gasteiger partial charge on any atom is 0.317 e. The molecule has 2 amide bonds. The Balaban J connectivity index is 1.50. The van der Waals surface area contributed by atoms with E-state index in [0.717, 1.165) is 37.4 Å². The van der Waals surface area contributed by atoms with Crippen molar-refractivity contribution in [1.29, 1.82) is 0 Å². The molecule has 1 aliphatic heterocycles. The third kappa shape index (κ3) is 5.08. The van der Waals surface area contributed by atoms with Crippen molar-refractivity contribution in [2.45, 2.75) is 45.4 Å². The minimum absolute atomic E-state index is 0.0602. The molecule has 0 radical (unpaired) electrons. The van der Waals surface area contributed by atoms with Crippen molar-refractivity contribution in [3.8, 4) is 0 Å². The Morgan fingerprint density at radius 1 is 1.38 bits per heavy atom. The lowest BCUT2D eigenvalue weighted by Gasteiger charge is -2.27. The number of carbonyl (C=O) groups excluding carboxylic acids is 1. The zero-order chi connectivity index (χ0) is 18.4. The minimum atomic E-state index is -0.0602. The summed E-state index contributed by atoms with van der Waals surface area (Å²) in [4.78, 5) is 18.3. The van der Waals surface area contributed by atoms with Crippen LogP contribution in [0.15, 0.2) is 36.7 Å². The Labute approximate surface area is 155 Å². The molecular formula is C20H28N4O2. The van der Waals surface area contributed by atoms with E-state index in [0.29, 0.717) is 13.1 Å². The monoisotopic (exact) mass is 356 g/mol. The fourth-order valence-electron chi connectivity index (χ4n) is 3.26. The number of ether oxygens (including phenoxy) is 1. The van der Waals surface area contributed by atoms with Crippen LogP contribution in [0, 0.1) is 6.92 Å². The third-order valence-corrected chi connectivity index (χ3v) is 4.81. The number of hydrogen-bond acceptors (Lipinski definition) is 3. The maximum atomic E-state index is 12.3. The highest BCUT2D eigenvalue weighted by molar-refractivity contribution is 5.73. The van der Waals surface area contributed by atoms with Gasteiger partial charge in [0.25, 0.3) is 0 Å². The van der Waals surface area contributed by atoms with Crippen molar-refractivity contribution >= 4 is 6.03 Å². The van der Waals surface area contributed by atoms with Crippen molar-refractivity contribution in [3.05, 3.63) is 53.6 Å². The molecule has 6 nitrogen and oxygen atoms in total. The van der Waals surface area contributed by atoms with Crippen molar-refractivity contribution in [1.82, 2.24) is 19.8 Å². The molecule has 1 saturated heterocycles. The van der Waals surface area contributed by atoms with Crippen molar-refractivity contribution in [2.75, 3.05) is 20.2 Å². The van der Waals surface area contributed by atoms with Gasteiger partial charge in [-0.15, -0.1) is 0 Å². The number of nitrogens with zero attached hydrogens (tertiary/aromatic N) is 3. The second kappa shape index (κ2) is 8.85. The first-order chi connectivity index (χ1) is 12.6. The Bertz CT molecular complexity index is 722. The van der Waals surface area contributed by atoms with Gasteiger partial charge in [0.05, 0.1) is 6.10 Å². The minimum Gasteiger partial charge on any atom is -0.376 e. The molecule has 1 atom stereocenters. The summed E-state index contributed by atoms with van der Waals surface area (Å²) in [5.41, 5.74) is 2.29. The Morgan fingerprint density at radius 2 is 2.23 bits per heavy atom. The number of aromatic nitrogens is 2. The van der Waals surface area contributed by atoms with Gasteiger partial charge in [-0.3, -0.25) is 0 Å². The molecule has 3 rings (SSSR count). The summed E-state index contributed by atoms with van der Waals surface area (Å²) in [7, 11) is 1.82. The second-order valence-corrected chi connectivity index (χ2v) is 6.95. The largest absolute Gasteiger partial charge is 0.376 e. The molecule has 2 heterocycles. The number of carbonyl (C=O) groups is 1. The predicted molar refractivity (Wildman–Crippen MR) is 101 cm³/mol. The average Bonchev–Trinajstić information content (AvgIpc) is 3.05. The molecule has 0 saturated carbocycles. The van der Waals surface area contributed by atoms with Gasteiger partial charge in [-0.2, -0.15) is 0 Å². The first-order valence-electron chi connectivity index (χ1n) is 9.28. The SMILES string of the molecule is Cc1nccn1Cc1cccc(CNC(=O)N(C)CC2CCCCO2)c1. The summed E-state index contributed by atoms with van der Waals surface area (Å²) < 4.78 is 7.81. The number of hydrogen-bond donors (Lipinski definition) is 1. The van der Waals surface area contributed by atoms with Crippen molar-refractivity contribution < 1.29 is 9.53 Å². The van der Waals surface area contributed by atoms with Gasteiger partial charge in [-0.1, -0.05) is 24.3 Å². The van der Waals surface area contributed by atoms with Crippen LogP contribution in [0.3, 0.4) is 0 Å². The highest BCUT2D eigenvalue weighted by Crippen LogP contribution is 2.13. The normalized spacial score (nSPS) is 17.1. The summed E-state index contributed by atoms with van der Waals surface area (Å²) >= 11 is 0. The highest BCUT2D eigenvalue weighted by atomic mass is 16.5. The van der Waals surface area contributed by atoms with E-state index in [2.05, 4.69) is 27.0 Å². The van der Waals surface area contributed by atoms with Crippen LogP contribution in [0.5, 0.6) is 0 Å². The first-order valence-corrected chi connectivity index (χ1v) is 9.28. The van der Waals surface area contributed by atoms with Crippen molar-refractivity contribution in [2.24, 2.45) is 0 Å². The number of imidazole rings is 1. The van der Waals surface area contributed by atoms with Gasteiger partial charge in [0.2, 0.25) is 0 Å². The molecule has 1 aromatic carbocycles. The van der Waals surface area contributed by atoms with Gasteiger partial charge >= 0.3 is 6.03 Å². The quantitative estimate of drug-likeness (QED) is 0.866. The second-order valence-electron chi connectivity index (χ2n) is 6.95. The molecule has 6 heteroatoms. The maximum absolute atomic E-state index is 12.3. The zero-order valence-corrected chi connectivity index (χ0v) is 15.6. The Kier molecular flexibility index (Phi) is 6.28. The summed E-state index contributed by atoms with van der Waals surface area (Å²) in [5.74, 6) is 0.996. The van der Waals surface area contributed by atoms with Crippen LogP contribution in [0.2, 0.25) is 0 Å². The Hall–Kier alpha value is -2.34. The standard InChI is InChI=1S/C20H28N4O2/c1-16-21-9-10-24(16)14-18-7-5-6-17(12-18)13-22-20(25)23(2)15-19-8-3-4-11-26-19/h5-7,9-10,12,19H,3-4,8,11,13-15H2,1-2H3,(H,22,25). The van der Waals surface area contributed by atoms with E-state index in [1.165, 1.54) is 12.0 Å². The van der Waals surface area contributed by atoms with E-state index in [9.17, 15) is 4.79 Å². The molecule has 140 valence electrons. The smallest absolute Gasteiger partial charge is 0.317 e. The number of benzene rings is 1. The van der Waals surface area contributed by atoms with Gasteiger partial charge in [0, 0.05) is 45.7 Å². The van der Waals surface area contributed by atoms with E-state index in [1.807, 2.05) is 38.5 Å². The zero-order valence-electron chi connectivity index (χ0n) is 15.6. The molecule has 26 heavy (non-hydrogen) atoms. The summed E-state index contributed by atoms with van der Waals surface area (Å²) in [6, 6.07) is 8.23. The molecule has 2 aromatic rings. The molecule has 1 fully saturated rings. The van der Waals surface area contributed by atoms with Gasteiger partial charge in [0.15, 0.2) is 0 Å². The topological polar surface area (TPSA) is 59.4 Å². The van der Waals surface area contributed by atoms with Crippen LogP contribution in [0.4, 0.5) is 4.79 Å². The van der Waals surface area contributed by atoms with Gasteiger partial charge in [-0.25, -0.2) is 9.78 Å². The Morgan fingerprint density at radius 3 is 2.96 bits per heavy atom. The number of urea groups is 1. The van der Waals surface area contributed by atoms with E-state index < -0.39 is 0 Å². The number of rotatable bonds is 6. The molecule has 1 unspecified atom stereocenters. The van der Waals surface area contributed by atoms with E-state index in [4.69, 9.17) is 4.74 Å². The van der Waals surface area contributed by atoms with Crippen LogP contribution in [-0.2, 0) is 17.8 Å². The first kappa shape index (κ1) is 18.5.